The standard InChI is InChI=1S/C19H21NO3S/c1-19(2,17(22)20-3)18(24-15-12-8-5-9-13-15)23-16(21)14-10-6-4-7-11-14/h4-13,18H,1-3H3,(H,20,22). The number of thioether (sulfide) groups is 1. The van der Waals surface area contributed by atoms with Gasteiger partial charge in [0.25, 0.3) is 0 Å². The molecule has 1 N–H and O–H groups in total. The summed E-state index contributed by atoms with van der Waals surface area (Å²) in [5.74, 6) is -0.627. The highest BCUT2D eigenvalue weighted by atomic mass is 32.2. The van der Waals surface area contributed by atoms with Crippen LogP contribution in [0.25, 0.3) is 0 Å². The number of benzene rings is 2. The molecule has 0 aliphatic rings. The Balaban J connectivity index is 2.25. The molecule has 1 amide bonds. The molecule has 0 fully saturated rings. The Morgan fingerprint density at radius 2 is 1.54 bits per heavy atom. The molecule has 0 radical (unpaired) electrons. The van der Waals surface area contributed by atoms with E-state index in [-0.39, 0.29) is 5.91 Å². The first-order valence-electron chi connectivity index (χ1n) is 7.65. The summed E-state index contributed by atoms with van der Waals surface area (Å²) in [7, 11) is 1.58. The van der Waals surface area contributed by atoms with E-state index in [1.807, 2.05) is 36.4 Å². The second kappa shape index (κ2) is 8.02. The van der Waals surface area contributed by atoms with Gasteiger partial charge in [-0.2, -0.15) is 0 Å². The highest BCUT2D eigenvalue weighted by Gasteiger charge is 2.40. The molecular formula is C19H21NO3S. The third-order valence-electron chi connectivity index (χ3n) is 3.61. The van der Waals surface area contributed by atoms with Gasteiger partial charge in [-0.15, -0.1) is 0 Å². The van der Waals surface area contributed by atoms with E-state index < -0.39 is 16.8 Å². The first kappa shape index (κ1) is 18.1. The van der Waals surface area contributed by atoms with Gasteiger partial charge in [0.1, 0.15) is 0 Å². The lowest BCUT2D eigenvalue weighted by Crippen LogP contribution is -2.44. The molecule has 0 spiro atoms. The zero-order valence-corrected chi connectivity index (χ0v) is 14.8. The van der Waals surface area contributed by atoms with E-state index in [1.54, 1.807) is 45.2 Å². The molecule has 0 bridgehead atoms. The summed E-state index contributed by atoms with van der Waals surface area (Å²) in [5, 5.41) is 2.64. The van der Waals surface area contributed by atoms with Crippen LogP contribution in [0.5, 0.6) is 0 Å². The van der Waals surface area contributed by atoms with Crippen LogP contribution in [0.15, 0.2) is 65.6 Å². The zero-order chi connectivity index (χ0) is 17.6. The zero-order valence-electron chi connectivity index (χ0n) is 14.0. The first-order valence-corrected chi connectivity index (χ1v) is 8.53. The number of ether oxygens (including phenoxy) is 1. The minimum Gasteiger partial charge on any atom is -0.446 e. The highest BCUT2D eigenvalue weighted by Crippen LogP contribution is 2.37. The molecule has 2 aromatic rings. The van der Waals surface area contributed by atoms with Crippen LogP contribution < -0.4 is 5.32 Å². The van der Waals surface area contributed by atoms with Gasteiger partial charge in [0, 0.05) is 11.9 Å². The molecular weight excluding hydrogens is 322 g/mol. The van der Waals surface area contributed by atoms with Gasteiger partial charge in [-0.3, -0.25) is 4.79 Å². The number of nitrogens with one attached hydrogen (secondary N) is 1. The Morgan fingerprint density at radius 3 is 2.08 bits per heavy atom. The van der Waals surface area contributed by atoms with E-state index in [1.165, 1.54) is 11.8 Å². The average Bonchev–Trinajstić information content (AvgIpc) is 2.61. The van der Waals surface area contributed by atoms with Crippen LogP contribution in [0.3, 0.4) is 0 Å². The summed E-state index contributed by atoms with van der Waals surface area (Å²) in [4.78, 5) is 25.6. The van der Waals surface area contributed by atoms with Gasteiger partial charge in [0.05, 0.1) is 11.0 Å². The molecule has 0 aliphatic heterocycles. The van der Waals surface area contributed by atoms with Crippen molar-refractivity contribution in [2.45, 2.75) is 24.2 Å². The minimum absolute atomic E-state index is 0.184. The van der Waals surface area contributed by atoms with Crippen molar-refractivity contribution >= 4 is 23.6 Å². The quantitative estimate of drug-likeness (QED) is 0.493. The van der Waals surface area contributed by atoms with Gasteiger partial charge in [0.15, 0.2) is 5.44 Å². The molecule has 0 saturated heterocycles. The van der Waals surface area contributed by atoms with Gasteiger partial charge >= 0.3 is 5.97 Å². The van der Waals surface area contributed by atoms with Crippen molar-refractivity contribution in [2.24, 2.45) is 5.41 Å². The molecule has 2 aromatic carbocycles. The molecule has 0 aromatic heterocycles. The molecule has 24 heavy (non-hydrogen) atoms. The normalized spacial score (nSPS) is 12.3. The summed E-state index contributed by atoms with van der Waals surface area (Å²) in [6.07, 6.45) is 0. The second-order valence-electron chi connectivity index (χ2n) is 5.83. The number of esters is 1. The summed E-state index contributed by atoms with van der Waals surface area (Å²) >= 11 is 1.36. The largest absolute Gasteiger partial charge is 0.446 e. The van der Waals surface area contributed by atoms with Crippen LogP contribution in [0.1, 0.15) is 24.2 Å². The van der Waals surface area contributed by atoms with Crippen molar-refractivity contribution in [3.8, 4) is 0 Å². The Hall–Kier alpha value is -2.27. The minimum atomic E-state index is -0.889. The second-order valence-corrected chi connectivity index (χ2v) is 6.97. The topological polar surface area (TPSA) is 55.4 Å². The van der Waals surface area contributed by atoms with Crippen molar-refractivity contribution < 1.29 is 14.3 Å². The van der Waals surface area contributed by atoms with E-state index in [2.05, 4.69) is 5.32 Å². The number of carbonyl (C=O) groups is 2. The van der Waals surface area contributed by atoms with Gasteiger partial charge < -0.3 is 10.1 Å². The Labute approximate surface area is 146 Å². The summed E-state index contributed by atoms with van der Waals surface area (Å²) < 4.78 is 5.69. The Kier molecular flexibility index (Phi) is 6.04. The molecule has 1 atom stereocenters. The molecule has 4 nitrogen and oxygen atoms in total. The van der Waals surface area contributed by atoms with Crippen LogP contribution in [0.4, 0.5) is 0 Å². The van der Waals surface area contributed by atoms with Crippen molar-refractivity contribution in [3.63, 3.8) is 0 Å². The number of hydrogen-bond donors (Lipinski definition) is 1. The maximum Gasteiger partial charge on any atom is 0.339 e. The van der Waals surface area contributed by atoms with Crippen LogP contribution in [0, 0.1) is 5.41 Å². The smallest absolute Gasteiger partial charge is 0.339 e. The predicted molar refractivity (Wildman–Crippen MR) is 95.8 cm³/mol. The van der Waals surface area contributed by atoms with E-state index in [9.17, 15) is 9.59 Å². The predicted octanol–water partition coefficient (Wildman–Crippen LogP) is 3.73. The van der Waals surface area contributed by atoms with Crippen LogP contribution in [0.2, 0.25) is 0 Å². The van der Waals surface area contributed by atoms with Crippen molar-refractivity contribution in [2.75, 3.05) is 7.05 Å². The van der Waals surface area contributed by atoms with Crippen LogP contribution >= 0.6 is 11.8 Å². The van der Waals surface area contributed by atoms with E-state index in [4.69, 9.17) is 4.74 Å². The molecule has 5 heteroatoms. The van der Waals surface area contributed by atoms with Gasteiger partial charge in [-0.05, 0) is 38.1 Å². The van der Waals surface area contributed by atoms with Gasteiger partial charge in [-0.1, -0.05) is 48.2 Å². The molecule has 126 valence electrons. The fraction of sp³-hybridized carbons (Fsp3) is 0.263. The van der Waals surface area contributed by atoms with Crippen LogP contribution in [-0.2, 0) is 9.53 Å². The lowest BCUT2D eigenvalue weighted by atomic mass is 9.93. The molecule has 1 unspecified atom stereocenters. The number of amides is 1. The maximum absolute atomic E-state index is 12.4. The summed E-state index contributed by atoms with van der Waals surface area (Å²) in [6.45, 7) is 3.54. The van der Waals surface area contributed by atoms with Crippen molar-refractivity contribution in [1.29, 1.82) is 0 Å². The van der Waals surface area contributed by atoms with E-state index >= 15 is 0 Å². The third-order valence-corrected chi connectivity index (χ3v) is 5.06. The number of rotatable bonds is 6. The summed E-state index contributed by atoms with van der Waals surface area (Å²) in [6, 6.07) is 18.4. The maximum atomic E-state index is 12.4. The molecule has 0 saturated carbocycles. The van der Waals surface area contributed by atoms with Gasteiger partial charge in [-0.25, -0.2) is 4.79 Å². The average molecular weight is 343 g/mol. The lowest BCUT2D eigenvalue weighted by Gasteiger charge is -2.31. The number of hydrogen-bond acceptors (Lipinski definition) is 4. The monoisotopic (exact) mass is 343 g/mol. The van der Waals surface area contributed by atoms with Crippen molar-refractivity contribution in [3.05, 3.63) is 66.2 Å². The summed E-state index contributed by atoms with van der Waals surface area (Å²) in [5.41, 5.74) is -1.09. The number of carbonyl (C=O) groups excluding carboxylic acids is 2. The SMILES string of the molecule is CNC(=O)C(C)(C)C(OC(=O)c1ccccc1)Sc1ccccc1. The fourth-order valence-corrected chi connectivity index (χ4v) is 3.21. The van der Waals surface area contributed by atoms with E-state index in [0.717, 1.165) is 4.90 Å². The fourth-order valence-electron chi connectivity index (χ4n) is 2.11. The Bertz CT molecular complexity index is 686. The molecule has 0 heterocycles. The lowest BCUT2D eigenvalue weighted by molar-refractivity contribution is -0.131. The third kappa shape index (κ3) is 4.38. The van der Waals surface area contributed by atoms with Crippen LogP contribution in [-0.4, -0.2) is 24.4 Å². The van der Waals surface area contributed by atoms with Crippen molar-refractivity contribution in [1.82, 2.24) is 5.32 Å². The first-order chi connectivity index (χ1) is 11.4. The van der Waals surface area contributed by atoms with Gasteiger partial charge in [0.2, 0.25) is 5.91 Å². The molecule has 2 rings (SSSR count). The Morgan fingerprint density at radius 1 is 1.00 bits per heavy atom. The molecule has 0 aliphatic carbocycles. The van der Waals surface area contributed by atoms with E-state index in [0.29, 0.717) is 5.56 Å². The highest BCUT2D eigenvalue weighted by molar-refractivity contribution is 7.99.